The summed E-state index contributed by atoms with van der Waals surface area (Å²) >= 11 is 0. The lowest BCUT2D eigenvalue weighted by Crippen LogP contribution is -2.19. The van der Waals surface area contributed by atoms with Crippen molar-refractivity contribution in [1.82, 2.24) is 0 Å². The van der Waals surface area contributed by atoms with Gasteiger partial charge in [0.25, 0.3) is 0 Å². The summed E-state index contributed by atoms with van der Waals surface area (Å²) in [7, 11) is 0. The first-order valence-electron chi connectivity index (χ1n) is 10.6. The molecule has 0 aromatic rings. The first kappa shape index (κ1) is 21.7. The molecule has 0 spiro atoms. The predicted octanol–water partition coefficient (Wildman–Crippen LogP) is 6.16. The number of rotatable bonds is 6. The zero-order chi connectivity index (χ0) is 17.9. The fourth-order valence-electron chi connectivity index (χ4n) is 3.99. The van der Waals surface area contributed by atoms with E-state index < -0.39 is 0 Å². The van der Waals surface area contributed by atoms with Crippen LogP contribution in [-0.2, 0) is 4.79 Å². The number of hydrogen-bond acceptors (Lipinski definition) is 2. The third kappa shape index (κ3) is 9.81. The number of ketones is 1. The van der Waals surface area contributed by atoms with Crippen LogP contribution in [0.15, 0.2) is 0 Å². The minimum Gasteiger partial charge on any atom is -0.393 e. The summed E-state index contributed by atoms with van der Waals surface area (Å²) < 4.78 is 0. The normalized spacial score (nSPS) is 28.0. The van der Waals surface area contributed by atoms with Gasteiger partial charge in [0.2, 0.25) is 0 Å². The molecule has 2 aliphatic rings. The highest BCUT2D eigenvalue weighted by molar-refractivity contribution is 5.81. The predicted molar refractivity (Wildman–Crippen MR) is 103 cm³/mol. The Bertz CT molecular complexity index is 335. The molecule has 142 valence electrons. The average Bonchev–Trinajstić information content (AvgIpc) is 2.53. The minimum atomic E-state index is 0.0101. The number of Topliss-reactive ketones (excluding diaryl/α,β-unsaturated/α-hetero) is 1. The largest absolute Gasteiger partial charge is 0.393 e. The van der Waals surface area contributed by atoms with E-state index >= 15 is 0 Å². The molecule has 0 bridgehead atoms. The first-order valence-corrected chi connectivity index (χ1v) is 10.6. The molecule has 0 radical (unpaired) electrons. The van der Waals surface area contributed by atoms with Gasteiger partial charge in [0.05, 0.1) is 6.10 Å². The summed E-state index contributed by atoms with van der Waals surface area (Å²) in [5.74, 6) is 3.34. The van der Waals surface area contributed by atoms with Gasteiger partial charge in [-0.05, 0) is 49.9 Å². The molecule has 0 aromatic heterocycles. The number of carbonyl (C=O) groups is 1. The van der Waals surface area contributed by atoms with Crippen LogP contribution in [0.3, 0.4) is 0 Å². The first-order chi connectivity index (χ1) is 11.4. The van der Waals surface area contributed by atoms with E-state index in [9.17, 15) is 9.90 Å². The standard InChI is InChI=1S/C11H22O.C11H20O/c1-9(2)6-7-10-4-3-5-11(12)8-10;1-9(2)7-8-10-5-3-4-6-11(10)12/h9-12H,3-8H2,1-2H3;9-10H,3-8H2,1-2H3. The molecule has 2 nitrogen and oxygen atoms in total. The molecule has 2 saturated carbocycles. The fraction of sp³-hybridized carbons (Fsp3) is 0.955. The molecule has 3 atom stereocenters. The van der Waals surface area contributed by atoms with Crippen LogP contribution in [0.25, 0.3) is 0 Å². The second-order valence-electron chi connectivity index (χ2n) is 9.04. The van der Waals surface area contributed by atoms with Crippen LogP contribution in [0.4, 0.5) is 0 Å². The van der Waals surface area contributed by atoms with Crippen LogP contribution in [0.1, 0.15) is 105 Å². The number of carbonyl (C=O) groups excluding carboxylic acids is 1. The molecule has 2 aliphatic carbocycles. The second-order valence-corrected chi connectivity index (χ2v) is 9.04. The Hall–Kier alpha value is -0.370. The van der Waals surface area contributed by atoms with Gasteiger partial charge in [0.1, 0.15) is 5.78 Å². The molecule has 2 fully saturated rings. The Morgan fingerprint density at radius 3 is 2.17 bits per heavy atom. The van der Waals surface area contributed by atoms with Gasteiger partial charge in [-0.2, -0.15) is 0 Å². The van der Waals surface area contributed by atoms with Crippen molar-refractivity contribution in [2.75, 3.05) is 0 Å². The van der Waals surface area contributed by atoms with Crippen LogP contribution in [0, 0.1) is 23.7 Å². The molecule has 2 rings (SSSR count). The lowest BCUT2D eigenvalue weighted by atomic mass is 9.83. The van der Waals surface area contributed by atoms with E-state index in [0.29, 0.717) is 11.7 Å². The van der Waals surface area contributed by atoms with E-state index in [-0.39, 0.29) is 6.10 Å². The van der Waals surface area contributed by atoms with Gasteiger partial charge in [0, 0.05) is 12.3 Å². The minimum absolute atomic E-state index is 0.0101. The van der Waals surface area contributed by atoms with Gasteiger partial charge < -0.3 is 5.11 Å². The summed E-state index contributed by atoms with van der Waals surface area (Å²) in [6.45, 7) is 9.01. The molecule has 1 N–H and O–H groups in total. The van der Waals surface area contributed by atoms with Crippen LogP contribution < -0.4 is 0 Å². The smallest absolute Gasteiger partial charge is 0.135 e. The molecule has 0 saturated heterocycles. The van der Waals surface area contributed by atoms with E-state index in [1.807, 2.05) is 0 Å². The van der Waals surface area contributed by atoms with E-state index in [1.165, 1.54) is 38.5 Å². The average molecular weight is 339 g/mol. The summed E-state index contributed by atoms with van der Waals surface area (Å²) in [4.78, 5) is 11.4. The molecule has 3 unspecified atom stereocenters. The van der Waals surface area contributed by atoms with E-state index in [0.717, 1.165) is 56.3 Å². The lowest BCUT2D eigenvalue weighted by Gasteiger charge is -2.26. The van der Waals surface area contributed by atoms with Crippen molar-refractivity contribution in [3.05, 3.63) is 0 Å². The molecular weight excluding hydrogens is 296 g/mol. The Kier molecular flexibility index (Phi) is 10.9. The summed E-state index contributed by atoms with van der Waals surface area (Å²) in [6, 6.07) is 0. The van der Waals surface area contributed by atoms with Gasteiger partial charge >= 0.3 is 0 Å². The van der Waals surface area contributed by atoms with Crippen molar-refractivity contribution in [2.45, 2.75) is 111 Å². The van der Waals surface area contributed by atoms with Crippen molar-refractivity contribution in [2.24, 2.45) is 23.7 Å². The zero-order valence-electron chi connectivity index (χ0n) is 16.7. The van der Waals surface area contributed by atoms with E-state index in [2.05, 4.69) is 27.7 Å². The lowest BCUT2D eigenvalue weighted by molar-refractivity contribution is -0.124. The summed E-state index contributed by atoms with van der Waals surface area (Å²) in [6.07, 6.45) is 14.1. The third-order valence-corrected chi connectivity index (χ3v) is 5.68. The quantitative estimate of drug-likeness (QED) is 0.630. The van der Waals surface area contributed by atoms with Crippen molar-refractivity contribution >= 4 is 5.78 Å². The van der Waals surface area contributed by atoms with Crippen molar-refractivity contribution in [3.8, 4) is 0 Å². The van der Waals surface area contributed by atoms with Crippen molar-refractivity contribution < 1.29 is 9.90 Å². The Labute approximate surface area is 150 Å². The fourth-order valence-corrected chi connectivity index (χ4v) is 3.99. The molecule has 2 heteroatoms. The molecular formula is C22H42O2. The number of hydrogen-bond donors (Lipinski definition) is 1. The monoisotopic (exact) mass is 338 g/mol. The van der Waals surface area contributed by atoms with Gasteiger partial charge in [-0.3, -0.25) is 4.79 Å². The van der Waals surface area contributed by atoms with Crippen LogP contribution in [-0.4, -0.2) is 17.0 Å². The Morgan fingerprint density at radius 1 is 0.917 bits per heavy atom. The number of aliphatic hydroxyl groups is 1. The maximum atomic E-state index is 11.4. The summed E-state index contributed by atoms with van der Waals surface area (Å²) in [5, 5.41) is 9.44. The van der Waals surface area contributed by atoms with Gasteiger partial charge in [-0.25, -0.2) is 0 Å². The van der Waals surface area contributed by atoms with Gasteiger partial charge in [-0.15, -0.1) is 0 Å². The van der Waals surface area contributed by atoms with Crippen molar-refractivity contribution in [3.63, 3.8) is 0 Å². The zero-order valence-corrected chi connectivity index (χ0v) is 16.7. The maximum Gasteiger partial charge on any atom is 0.135 e. The van der Waals surface area contributed by atoms with Crippen LogP contribution in [0.5, 0.6) is 0 Å². The van der Waals surface area contributed by atoms with Crippen LogP contribution >= 0.6 is 0 Å². The molecule has 0 amide bonds. The highest BCUT2D eigenvalue weighted by Crippen LogP contribution is 2.29. The number of aliphatic hydroxyl groups excluding tert-OH is 1. The third-order valence-electron chi connectivity index (χ3n) is 5.68. The molecule has 0 aliphatic heterocycles. The second kappa shape index (κ2) is 12.1. The molecule has 0 aromatic carbocycles. The Morgan fingerprint density at radius 2 is 1.58 bits per heavy atom. The van der Waals surface area contributed by atoms with Crippen LogP contribution in [0.2, 0.25) is 0 Å². The maximum absolute atomic E-state index is 11.4. The Balaban J connectivity index is 0.000000240. The van der Waals surface area contributed by atoms with Crippen molar-refractivity contribution in [1.29, 1.82) is 0 Å². The van der Waals surface area contributed by atoms with Gasteiger partial charge in [-0.1, -0.05) is 66.2 Å². The summed E-state index contributed by atoms with van der Waals surface area (Å²) in [5.41, 5.74) is 0. The van der Waals surface area contributed by atoms with Gasteiger partial charge in [0.15, 0.2) is 0 Å². The highest BCUT2D eigenvalue weighted by atomic mass is 16.3. The molecule has 0 heterocycles. The highest BCUT2D eigenvalue weighted by Gasteiger charge is 2.21. The topological polar surface area (TPSA) is 37.3 Å². The SMILES string of the molecule is CC(C)CCC1CCCC(O)C1.CC(C)CCC1CCCCC1=O. The van der Waals surface area contributed by atoms with E-state index in [4.69, 9.17) is 0 Å². The molecule has 24 heavy (non-hydrogen) atoms. The van der Waals surface area contributed by atoms with E-state index in [1.54, 1.807) is 0 Å².